The molecule has 0 N–H and O–H groups in total. The van der Waals surface area contributed by atoms with Gasteiger partial charge in [-0.05, 0) is 30.5 Å². The van der Waals surface area contributed by atoms with E-state index in [0.29, 0.717) is 57.2 Å². The molecule has 2 heterocycles. The number of piperazine rings is 1. The maximum Gasteiger partial charge on any atom is 0.222 e. The third-order valence-electron chi connectivity index (χ3n) is 4.90. The van der Waals surface area contributed by atoms with E-state index in [2.05, 4.69) is 28.1 Å². The fraction of sp³-hybridized carbons (Fsp3) is 0.409. The minimum Gasteiger partial charge on any atom is -0.381 e. The minimum absolute atomic E-state index is 0.174. The average molecular weight is 378 g/mol. The van der Waals surface area contributed by atoms with Gasteiger partial charge in [-0.25, -0.2) is 4.98 Å². The maximum absolute atomic E-state index is 12.4. The zero-order valence-corrected chi connectivity index (χ0v) is 16.1. The van der Waals surface area contributed by atoms with Crippen molar-refractivity contribution in [2.45, 2.75) is 19.3 Å². The third-order valence-corrected chi connectivity index (χ3v) is 4.90. The predicted molar refractivity (Wildman–Crippen MR) is 108 cm³/mol. The highest BCUT2D eigenvalue weighted by molar-refractivity contribution is 5.76. The van der Waals surface area contributed by atoms with E-state index in [0.717, 1.165) is 12.8 Å². The van der Waals surface area contributed by atoms with Gasteiger partial charge in [0.25, 0.3) is 0 Å². The Morgan fingerprint density at radius 1 is 1.07 bits per heavy atom. The fourth-order valence-electron chi connectivity index (χ4n) is 3.32. The Balaban J connectivity index is 1.32. The molecular formula is C22H26N4O2. The summed E-state index contributed by atoms with van der Waals surface area (Å²) in [5.74, 6) is 0.886. The number of rotatable bonds is 8. The Hall–Kier alpha value is -2.91. The quantitative estimate of drug-likeness (QED) is 0.661. The first-order valence-electron chi connectivity index (χ1n) is 9.77. The first kappa shape index (κ1) is 19.8. The minimum atomic E-state index is 0.174. The van der Waals surface area contributed by atoms with Crippen molar-refractivity contribution in [1.82, 2.24) is 9.88 Å². The Bertz CT molecular complexity index is 796. The van der Waals surface area contributed by atoms with Gasteiger partial charge >= 0.3 is 0 Å². The van der Waals surface area contributed by atoms with Gasteiger partial charge in [-0.1, -0.05) is 30.3 Å². The molecule has 6 heteroatoms. The summed E-state index contributed by atoms with van der Waals surface area (Å²) in [7, 11) is 0. The smallest absolute Gasteiger partial charge is 0.222 e. The van der Waals surface area contributed by atoms with Gasteiger partial charge in [-0.3, -0.25) is 4.79 Å². The highest BCUT2D eigenvalue weighted by Crippen LogP contribution is 2.18. The summed E-state index contributed by atoms with van der Waals surface area (Å²) >= 11 is 0. The molecular weight excluding hydrogens is 352 g/mol. The molecule has 3 rings (SSSR count). The van der Waals surface area contributed by atoms with Gasteiger partial charge in [-0.2, -0.15) is 5.26 Å². The lowest BCUT2D eigenvalue weighted by Gasteiger charge is -2.35. The van der Waals surface area contributed by atoms with Crippen molar-refractivity contribution in [2.24, 2.45) is 0 Å². The van der Waals surface area contributed by atoms with Crippen LogP contribution < -0.4 is 4.90 Å². The Labute approximate surface area is 166 Å². The molecule has 2 aromatic rings. The number of amides is 1. The molecule has 6 nitrogen and oxygen atoms in total. The number of pyridine rings is 1. The van der Waals surface area contributed by atoms with E-state index in [-0.39, 0.29) is 5.91 Å². The van der Waals surface area contributed by atoms with E-state index < -0.39 is 0 Å². The number of anilines is 1. The molecule has 0 radical (unpaired) electrons. The van der Waals surface area contributed by atoms with Crippen LogP contribution >= 0.6 is 0 Å². The molecule has 1 aromatic carbocycles. The van der Waals surface area contributed by atoms with Crippen LogP contribution in [0.15, 0.2) is 48.7 Å². The van der Waals surface area contributed by atoms with E-state index in [1.54, 1.807) is 18.3 Å². The van der Waals surface area contributed by atoms with Gasteiger partial charge in [0, 0.05) is 45.4 Å². The number of hydrogen-bond acceptors (Lipinski definition) is 5. The van der Waals surface area contributed by atoms with Crippen molar-refractivity contribution in [2.75, 3.05) is 44.3 Å². The number of benzene rings is 1. The van der Waals surface area contributed by atoms with Crippen molar-refractivity contribution in [3.8, 4) is 6.07 Å². The number of hydrogen-bond donors (Lipinski definition) is 0. The van der Waals surface area contributed by atoms with Crippen LogP contribution in [0.3, 0.4) is 0 Å². The largest absolute Gasteiger partial charge is 0.381 e. The topological polar surface area (TPSA) is 69.5 Å². The van der Waals surface area contributed by atoms with Crippen molar-refractivity contribution < 1.29 is 9.53 Å². The van der Waals surface area contributed by atoms with Crippen LogP contribution in [0.5, 0.6) is 0 Å². The number of nitrogens with zero attached hydrogens (tertiary/aromatic N) is 4. The van der Waals surface area contributed by atoms with Gasteiger partial charge in [-0.15, -0.1) is 0 Å². The molecule has 28 heavy (non-hydrogen) atoms. The van der Waals surface area contributed by atoms with E-state index in [4.69, 9.17) is 4.74 Å². The highest BCUT2D eigenvalue weighted by atomic mass is 16.5. The Kier molecular flexibility index (Phi) is 7.39. The average Bonchev–Trinajstić information content (AvgIpc) is 2.76. The standard InChI is InChI=1S/C22H26N4O2/c23-18-20-8-4-11-24-22(20)26-14-12-25(13-15-26)21(27)9-5-16-28-17-10-19-6-2-1-3-7-19/h1-4,6-8,11H,5,9-10,12-17H2. The van der Waals surface area contributed by atoms with Crippen LogP contribution in [-0.4, -0.2) is 55.2 Å². The lowest BCUT2D eigenvalue weighted by molar-refractivity contribution is -0.131. The SMILES string of the molecule is N#Cc1cccnc1N1CCN(C(=O)CCCOCCc2ccccc2)CC1. The maximum atomic E-state index is 12.4. The molecule has 0 unspecified atom stereocenters. The summed E-state index contributed by atoms with van der Waals surface area (Å²) in [4.78, 5) is 20.7. The number of carbonyl (C=O) groups excluding carboxylic acids is 1. The molecule has 1 aromatic heterocycles. The zero-order chi connectivity index (χ0) is 19.6. The summed E-state index contributed by atoms with van der Waals surface area (Å²) in [5, 5.41) is 9.22. The van der Waals surface area contributed by atoms with Crippen molar-refractivity contribution in [1.29, 1.82) is 5.26 Å². The van der Waals surface area contributed by atoms with Crippen LogP contribution in [0, 0.1) is 11.3 Å². The molecule has 0 atom stereocenters. The highest BCUT2D eigenvalue weighted by Gasteiger charge is 2.22. The van der Waals surface area contributed by atoms with E-state index in [1.165, 1.54) is 5.56 Å². The predicted octanol–water partition coefficient (Wildman–Crippen LogP) is 2.64. The number of nitriles is 1. The normalized spacial score (nSPS) is 14.0. The fourth-order valence-corrected chi connectivity index (χ4v) is 3.32. The van der Waals surface area contributed by atoms with Crippen molar-refractivity contribution in [3.63, 3.8) is 0 Å². The second-order valence-electron chi connectivity index (χ2n) is 6.81. The summed E-state index contributed by atoms with van der Waals surface area (Å²) in [6, 6.07) is 16.0. The van der Waals surface area contributed by atoms with Crippen LogP contribution in [0.2, 0.25) is 0 Å². The third kappa shape index (κ3) is 5.54. The molecule has 1 amide bonds. The van der Waals surface area contributed by atoms with E-state index in [1.807, 2.05) is 23.1 Å². The van der Waals surface area contributed by atoms with Crippen LogP contribution in [0.1, 0.15) is 24.0 Å². The summed E-state index contributed by atoms with van der Waals surface area (Å²) in [6.45, 7) is 4.01. The summed E-state index contributed by atoms with van der Waals surface area (Å²) in [6.07, 6.45) is 3.85. The van der Waals surface area contributed by atoms with Crippen molar-refractivity contribution >= 4 is 11.7 Å². The van der Waals surface area contributed by atoms with Crippen molar-refractivity contribution in [3.05, 3.63) is 59.8 Å². The van der Waals surface area contributed by atoms with E-state index in [9.17, 15) is 10.1 Å². The van der Waals surface area contributed by atoms with Gasteiger partial charge in [0.1, 0.15) is 11.9 Å². The molecule has 0 bridgehead atoms. The van der Waals surface area contributed by atoms with Gasteiger partial charge in [0.2, 0.25) is 5.91 Å². The summed E-state index contributed by atoms with van der Waals surface area (Å²) < 4.78 is 5.66. The number of aromatic nitrogens is 1. The Morgan fingerprint density at radius 3 is 2.61 bits per heavy atom. The molecule has 1 fully saturated rings. The zero-order valence-electron chi connectivity index (χ0n) is 16.1. The van der Waals surface area contributed by atoms with Crippen LogP contribution in [0.4, 0.5) is 5.82 Å². The first-order chi connectivity index (χ1) is 13.8. The van der Waals surface area contributed by atoms with Gasteiger partial charge < -0.3 is 14.5 Å². The molecule has 0 spiro atoms. The molecule has 1 aliphatic rings. The Morgan fingerprint density at radius 2 is 1.86 bits per heavy atom. The van der Waals surface area contributed by atoms with E-state index >= 15 is 0 Å². The summed E-state index contributed by atoms with van der Waals surface area (Å²) in [5.41, 5.74) is 1.85. The molecule has 0 saturated carbocycles. The lowest BCUT2D eigenvalue weighted by atomic mass is 10.2. The van der Waals surface area contributed by atoms with Crippen LogP contribution in [-0.2, 0) is 16.0 Å². The first-order valence-corrected chi connectivity index (χ1v) is 9.77. The second-order valence-corrected chi connectivity index (χ2v) is 6.81. The number of carbonyl (C=O) groups is 1. The second kappa shape index (κ2) is 10.4. The lowest BCUT2D eigenvalue weighted by Crippen LogP contribution is -2.49. The molecule has 1 aliphatic heterocycles. The van der Waals surface area contributed by atoms with Crippen LogP contribution in [0.25, 0.3) is 0 Å². The van der Waals surface area contributed by atoms with Gasteiger partial charge in [0.15, 0.2) is 0 Å². The molecule has 146 valence electrons. The van der Waals surface area contributed by atoms with Gasteiger partial charge in [0.05, 0.1) is 12.2 Å². The number of ether oxygens (including phenoxy) is 1. The molecule has 1 saturated heterocycles. The monoisotopic (exact) mass is 378 g/mol. The molecule has 0 aliphatic carbocycles.